The van der Waals surface area contributed by atoms with E-state index in [9.17, 15) is 4.79 Å². The molecule has 0 saturated carbocycles. The van der Waals surface area contributed by atoms with Gasteiger partial charge in [0.2, 0.25) is 5.91 Å². The number of ether oxygens (including phenoxy) is 2. The van der Waals surface area contributed by atoms with Gasteiger partial charge in [-0.15, -0.1) is 0 Å². The number of benzene rings is 2. The van der Waals surface area contributed by atoms with E-state index < -0.39 is 0 Å². The van der Waals surface area contributed by atoms with Gasteiger partial charge in [-0.05, 0) is 36.8 Å². The van der Waals surface area contributed by atoms with Crippen LogP contribution in [-0.4, -0.2) is 26.7 Å². The lowest BCUT2D eigenvalue weighted by Crippen LogP contribution is -2.17. The van der Waals surface area contributed by atoms with Crippen LogP contribution in [-0.2, 0) is 4.79 Å². The van der Waals surface area contributed by atoms with Crippen molar-refractivity contribution in [2.45, 2.75) is 13.3 Å². The average Bonchev–Trinajstić information content (AvgIpc) is 2.59. The molecule has 0 radical (unpaired) electrons. The Balaban J connectivity index is 1.91. The lowest BCUT2D eigenvalue weighted by molar-refractivity contribution is -0.116. The molecule has 2 aromatic rings. The van der Waals surface area contributed by atoms with E-state index >= 15 is 0 Å². The Labute approximate surface area is 146 Å². The number of amides is 1. The maximum atomic E-state index is 12.1. The first-order chi connectivity index (χ1) is 11.5. The van der Waals surface area contributed by atoms with Crippen molar-refractivity contribution in [3.8, 4) is 11.5 Å². The Kier molecular flexibility index (Phi) is 6.32. The molecule has 0 bridgehead atoms. The molecule has 0 atom stereocenters. The van der Waals surface area contributed by atoms with Gasteiger partial charge in [-0.1, -0.05) is 17.7 Å². The van der Waals surface area contributed by atoms with E-state index in [1.165, 1.54) is 0 Å². The number of rotatable bonds is 7. The molecule has 0 aliphatic carbocycles. The Morgan fingerprint density at radius 3 is 2.62 bits per heavy atom. The number of carbonyl (C=O) groups excluding carboxylic acids is 1. The minimum absolute atomic E-state index is 0.106. The molecule has 6 heteroatoms. The highest BCUT2D eigenvalue weighted by molar-refractivity contribution is 6.31. The van der Waals surface area contributed by atoms with Crippen LogP contribution in [0.3, 0.4) is 0 Å². The van der Waals surface area contributed by atoms with Gasteiger partial charge in [0.1, 0.15) is 11.5 Å². The van der Waals surface area contributed by atoms with Crippen molar-refractivity contribution in [1.29, 1.82) is 0 Å². The Bertz CT molecular complexity index is 719. The summed E-state index contributed by atoms with van der Waals surface area (Å²) >= 11 is 6.08. The second-order valence-electron chi connectivity index (χ2n) is 5.20. The number of hydrogen-bond acceptors (Lipinski definition) is 4. The maximum absolute atomic E-state index is 12.1. The number of halogens is 1. The predicted molar refractivity (Wildman–Crippen MR) is 97.5 cm³/mol. The van der Waals surface area contributed by atoms with E-state index in [4.69, 9.17) is 21.1 Å². The average molecular weight is 349 g/mol. The zero-order chi connectivity index (χ0) is 17.5. The molecule has 24 heavy (non-hydrogen) atoms. The minimum atomic E-state index is -0.106. The highest BCUT2D eigenvalue weighted by Gasteiger charge is 2.09. The van der Waals surface area contributed by atoms with E-state index in [-0.39, 0.29) is 5.91 Å². The molecule has 0 fully saturated rings. The quantitative estimate of drug-likeness (QED) is 0.790. The van der Waals surface area contributed by atoms with Crippen LogP contribution in [0.1, 0.15) is 12.0 Å². The molecule has 0 aliphatic rings. The highest BCUT2D eigenvalue weighted by atomic mass is 35.5. The van der Waals surface area contributed by atoms with Crippen LogP contribution < -0.4 is 20.1 Å². The summed E-state index contributed by atoms with van der Waals surface area (Å²) in [6, 6.07) is 10.9. The van der Waals surface area contributed by atoms with Gasteiger partial charge in [-0.25, -0.2) is 0 Å². The summed E-state index contributed by atoms with van der Waals surface area (Å²) in [7, 11) is 3.13. The topological polar surface area (TPSA) is 59.6 Å². The van der Waals surface area contributed by atoms with Gasteiger partial charge >= 0.3 is 0 Å². The lowest BCUT2D eigenvalue weighted by atomic mass is 10.2. The molecule has 0 spiro atoms. The number of nitrogens with one attached hydrogen (secondary N) is 2. The van der Waals surface area contributed by atoms with Crippen molar-refractivity contribution >= 4 is 28.9 Å². The van der Waals surface area contributed by atoms with Gasteiger partial charge in [0, 0.05) is 29.7 Å². The first kappa shape index (κ1) is 17.9. The maximum Gasteiger partial charge on any atom is 0.226 e. The molecular formula is C18H21ClN2O3. The van der Waals surface area contributed by atoms with Gasteiger partial charge in [0.25, 0.3) is 0 Å². The highest BCUT2D eigenvalue weighted by Crippen LogP contribution is 2.29. The van der Waals surface area contributed by atoms with Gasteiger partial charge in [0.15, 0.2) is 0 Å². The fourth-order valence-corrected chi connectivity index (χ4v) is 2.40. The summed E-state index contributed by atoms with van der Waals surface area (Å²) < 4.78 is 10.4. The van der Waals surface area contributed by atoms with E-state index in [1.54, 1.807) is 32.4 Å². The fourth-order valence-electron chi connectivity index (χ4n) is 2.22. The fraction of sp³-hybridized carbons (Fsp3) is 0.278. The molecule has 0 aromatic heterocycles. The molecule has 2 aromatic carbocycles. The number of carbonyl (C=O) groups is 1. The predicted octanol–water partition coefficient (Wildman–Crippen LogP) is 4.11. The molecule has 5 nitrogen and oxygen atoms in total. The van der Waals surface area contributed by atoms with Crippen molar-refractivity contribution in [3.63, 3.8) is 0 Å². The van der Waals surface area contributed by atoms with E-state index in [2.05, 4.69) is 10.6 Å². The van der Waals surface area contributed by atoms with Crippen molar-refractivity contribution in [2.24, 2.45) is 0 Å². The van der Waals surface area contributed by atoms with Crippen LogP contribution in [0.25, 0.3) is 0 Å². The van der Waals surface area contributed by atoms with Crippen LogP contribution in [0.5, 0.6) is 11.5 Å². The zero-order valence-electron chi connectivity index (χ0n) is 14.0. The smallest absolute Gasteiger partial charge is 0.226 e. The van der Waals surface area contributed by atoms with Crippen LogP contribution >= 0.6 is 11.6 Å². The van der Waals surface area contributed by atoms with E-state index in [0.29, 0.717) is 35.2 Å². The van der Waals surface area contributed by atoms with E-state index in [1.807, 2.05) is 25.1 Å². The summed E-state index contributed by atoms with van der Waals surface area (Å²) in [4.78, 5) is 12.1. The third-order valence-electron chi connectivity index (χ3n) is 3.62. The third kappa shape index (κ3) is 4.55. The summed E-state index contributed by atoms with van der Waals surface area (Å²) in [6.07, 6.45) is 0.321. The first-order valence-corrected chi connectivity index (χ1v) is 7.93. The normalized spacial score (nSPS) is 10.2. The SMILES string of the molecule is COc1ccc(NC(=O)CCNc2cccc(Cl)c2C)c(OC)c1. The molecule has 1 amide bonds. The van der Waals surface area contributed by atoms with Gasteiger partial charge in [0.05, 0.1) is 19.9 Å². The van der Waals surface area contributed by atoms with Gasteiger partial charge in [-0.3, -0.25) is 4.79 Å². The molecule has 2 N–H and O–H groups in total. The van der Waals surface area contributed by atoms with Crippen LogP contribution in [0.4, 0.5) is 11.4 Å². The van der Waals surface area contributed by atoms with Crippen molar-refractivity contribution < 1.29 is 14.3 Å². The van der Waals surface area contributed by atoms with Crippen molar-refractivity contribution in [2.75, 3.05) is 31.4 Å². The third-order valence-corrected chi connectivity index (χ3v) is 4.03. The molecule has 0 saturated heterocycles. The summed E-state index contributed by atoms with van der Waals surface area (Å²) in [5, 5.41) is 6.76. The Morgan fingerprint density at radius 2 is 1.92 bits per heavy atom. The van der Waals surface area contributed by atoms with Gasteiger partial charge in [-0.2, -0.15) is 0 Å². The molecule has 0 unspecified atom stereocenters. The standard InChI is InChI=1S/C18H21ClN2O3/c1-12-14(19)5-4-6-15(12)20-10-9-18(22)21-16-8-7-13(23-2)11-17(16)24-3/h4-8,11,20H,9-10H2,1-3H3,(H,21,22). The van der Waals surface area contributed by atoms with Gasteiger partial charge < -0.3 is 20.1 Å². The lowest BCUT2D eigenvalue weighted by Gasteiger charge is -2.13. The summed E-state index contributed by atoms with van der Waals surface area (Å²) in [6.45, 7) is 2.44. The number of hydrogen-bond donors (Lipinski definition) is 2. The number of methoxy groups -OCH3 is 2. The van der Waals surface area contributed by atoms with Crippen LogP contribution in [0, 0.1) is 6.92 Å². The second kappa shape index (κ2) is 8.45. The Morgan fingerprint density at radius 1 is 1.12 bits per heavy atom. The van der Waals surface area contributed by atoms with Crippen molar-refractivity contribution in [1.82, 2.24) is 0 Å². The van der Waals surface area contributed by atoms with Crippen molar-refractivity contribution in [3.05, 3.63) is 47.0 Å². The van der Waals surface area contributed by atoms with Crippen LogP contribution in [0.2, 0.25) is 5.02 Å². The van der Waals surface area contributed by atoms with Crippen LogP contribution in [0.15, 0.2) is 36.4 Å². The molecule has 128 valence electrons. The first-order valence-electron chi connectivity index (χ1n) is 7.56. The molecule has 2 rings (SSSR count). The zero-order valence-corrected chi connectivity index (χ0v) is 14.7. The number of anilines is 2. The molecule has 0 aliphatic heterocycles. The molecule has 0 heterocycles. The summed E-state index contributed by atoms with van der Waals surface area (Å²) in [5.41, 5.74) is 2.51. The second-order valence-corrected chi connectivity index (χ2v) is 5.61. The molecular weight excluding hydrogens is 328 g/mol. The Hall–Kier alpha value is -2.40. The summed E-state index contributed by atoms with van der Waals surface area (Å²) in [5.74, 6) is 1.12. The monoisotopic (exact) mass is 348 g/mol. The minimum Gasteiger partial charge on any atom is -0.497 e. The largest absolute Gasteiger partial charge is 0.497 e. The van der Waals surface area contributed by atoms with E-state index in [0.717, 1.165) is 11.3 Å².